The number of piperidine rings is 1. The van der Waals surface area contributed by atoms with Crippen LogP contribution in [0.2, 0.25) is 0 Å². The first kappa shape index (κ1) is 10.6. The third-order valence-corrected chi connectivity index (χ3v) is 3.22. The average Bonchev–Trinajstić information content (AvgIpc) is 2.23. The zero-order chi connectivity index (χ0) is 10.8. The van der Waals surface area contributed by atoms with E-state index in [1.165, 1.54) is 0 Å². The standard InChI is InChI=1S/C10H15ClN4/c1-7-8(2)13-14-10(12-7)15-5-3-9(11)4-6-15/h9H,3-6H2,1-2H3. The first-order valence-corrected chi connectivity index (χ1v) is 5.67. The van der Waals surface area contributed by atoms with Crippen molar-refractivity contribution in [3.63, 3.8) is 0 Å². The van der Waals surface area contributed by atoms with Crippen LogP contribution in [0.5, 0.6) is 0 Å². The number of nitrogens with zero attached hydrogens (tertiary/aromatic N) is 4. The summed E-state index contributed by atoms with van der Waals surface area (Å²) in [4.78, 5) is 6.58. The van der Waals surface area contributed by atoms with E-state index in [1.54, 1.807) is 0 Å². The van der Waals surface area contributed by atoms with Crippen molar-refractivity contribution in [3.8, 4) is 0 Å². The van der Waals surface area contributed by atoms with Gasteiger partial charge in [0.1, 0.15) is 0 Å². The molecule has 1 aliphatic heterocycles. The van der Waals surface area contributed by atoms with Crippen LogP contribution >= 0.6 is 11.6 Å². The summed E-state index contributed by atoms with van der Waals surface area (Å²) in [5, 5.41) is 8.50. The van der Waals surface area contributed by atoms with Crippen LogP contribution in [0, 0.1) is 13.8 Å². The molecule has 82 valence electrons. The predicted octanol–water partition coefficient (Wildman–Crippen LogP) is 1.70. The first-order valence-electron chi connectivity index (χ1n) is 5.24. The number of alkyl halides is 1. The Morgan fingerprint density at radius 1 is 1.13 bits per heavy atom. The molecule has 1 aliphatic rings. The van der Waals surface area contributed by atoms with Crippen molar-refractivity contribution in [1.29, 1.82) is 0 Å². The van der Waals surface area contributed by atoms with E-state index in [4.69, 9.17) is 11.6 Å². The molecule has 0 radical (unpaired) electrons. The highest BCUT2D eigenvalue weighted by molar-refractivity contribution is 6.20. The largest absolute Gasteiger partial charge is 0.339 e. The summed E-state index contributed by atoms with van der Waals surface area (Å²) in [6, 6.07) is 0. The van der Waals surface area contributed by atoms with Crippen molar-refractivity contribution in [1.82, 2.24) is 15.2 Å². The third kappa shape index (κ3) is 2.37. The Bertz CT molecular complexity index is 347. The monoisotopic (exact) mass is 226 g/mol. The van der Waals surface area contributed by atoms with Crippen LogP contribution in [0.15, 0.2) is 0 Å². The van der Waals surface area contributed by atoms with Gasteiger partial charge in [0, 0.05) is 18.5 Å². The quantitative estimate of drug-likeness (QED) is 0.684. The van der Waals surface area contributed by atoms with Gasteiger partial charge in [0.2, 0.25) is 5.95 Å². The summed E-state index contributed by atoms with van der Waals surface area (Å²) in [5.41, 5.74) is 1.85. The van der Waals surface area contributed by atoms with Crippen molar-refractivity contribution in [3.05, 3.63) is 11.4 Å². The molecule has 0 aliphatic carbocycles. The predicted molar refractivity (Wildman–Crippen MR) is 60.4 cm³/mol. The topological polar surface area (TPSA) is 41.9 Å². The Balaban J connectivity index is 2.12. The maximum Gasteiger partial charge on any atom is 0.245 e. The van der Waals surface area contributed by atoms with E-state index < -0.39 is 0 Å². The minimum Gasteiger partial charge on any atom is -0.339 e. The molecule has 1 aromatic heterocycles. The molecule has 0 N–H and O–H groups in total. The number of hydrogen-bond donors (Lipinski definition) is 0. The highest BCUT2D eigenvalue weighted by Crippen LogP contribution is 2.19. The Hall–Kier alpha value is -0.900. The fourth-order valence-corrected chi connectivity index (χ4v) is 1.82. The van der Waals surface area contributed by atoms with Crippen molar-refractivity contribution >= 4 is 17.5 Å². The molecule has 0 bridgehead atoms. The fraction of sp³-hybridized carbons (Fsp3) is 0.700. The van der Waals surface area contributed by atoms with Crippen LogP contribution in [-0.4, -0.2) is 33.6 Å². The molecule has 2 heterocycles. The lowest BCUT2D eigenvalue weighted by molar-refractivity contribution is 0.570. The number of rotatable bonds is 1. The molecule has 4 nitrogen and oxygen atoms in total. The summed E-state index contributed by atoms with van der Waals surface area (Å²) in [6.45, 7) is 5.74. The van der Waals surface area contributed by atoms with Crippen LogP contribution in [-0.2, 0) is 0 Å². The van der Waals surface area contributed by atoms with E-state index in [0.717, 1.165) is 43.3 Å². The van der Waals surface area contributed by atoms with Gasteiger partial charge in [0.05, 0.1) is 11.4 Å². The number of anilines is 1. The molecule has 15 heavy (non-hydrogen) atoms. The maximum absolute atomic E-state index is 6.04. The van der Waals surface area contributed by atoms with Crippen LogP contribution in [0.25, 0.3) is 0 Å². The van der Waals surface area contributed by atoms with Gasteiger partial charge in [0.25, 0.3) is 0 Å². The van der Waals surface area contributed by atoms with Crippen molar-refractivity contribution in [2.24, 2.45) is 0 Å². The zero-order valence-electron chi connectivity index (χ0n) is 9.07. The SMILES string of the molecule is Cc1nnc(N2CCC(Cl)CC2)nc1C. The molecule has 0 unspecified atom stereocenters. The molecule has 2 rings (SSSR count). The van der Waals surface area contributed by atoms with E-state index in [9.17, 15) is 0 Å². The molecule has 5 heteroatoms. The van der Waals surface area contributed by atoms with Crippen molar-refractivity contribution in [2.75, 3.05) is 18.0 Å². The third-order valence-electron chi connectivity index (χ3n) is 2.79. The van der Waals surface area contributed by atoms with Gasteiger partial charge in [-0.2, -0.15) is 5.10 Å². The highest BCUT2D eigenvalue weighted by atomic mass is 35.5. The van der Waals surface area contributed by atoms with E-state index >= 15 is 0 Å². The molecule has 1 aromatic rings. The van der Waals surface area contributed by atoms with Gasteiger partial charge in [-0.05, 0) is 26.7 Å². The van der Waals surface area contributed by atoms with Gasteiger partial charge in [-0.15, -0.1) is 16.7 Å². The number of halogens is 1. The van der Waals surface area contributed by atoms with Gasteiger partial charge in [-0.25, -0.2) is 4.98 Å². The molecule has 1 fully saturated rings. The Morgan fingerprint density at radius 2 is 1.80 bits per heavy atom. The highest BCUT2D eigenvalue weighted by Gasteiger charge is 2.19. The van der Waals surface area contributed by atoms with E-state index in [-0.39, 0.29) is 0 Å². The Labute approximate surface area is 94.7 Å². The van der Waals surface area contributed by atoms with Gasteiger partial charge >= 0.3 is 0 Å². The number of aryl methyl sites for hydroxylation is 2. The second-order valence-electron chi connectivity index (χ2n) is 3.94. The van der Waals surface area contributed by atoms with E-state index in [1.807, 2.05) is 13.8 Å². The summed E-state index contributed by atoms with van der Waals surface area (Å²) in [6.07, 6.45) is 2.00. The zero-order valence-corrected chi connectivity index (χ0v) is 9.83. The molecule has 1 saturated heterocycles. The summed E-state index contributed by atoms with van der Waals surface area (Å²) in [5.74, 6) is 0.738. The number of hydrogen-bond acceptors (Lipinski definition) is 4. The van der Waals surface area contributed by atoms with Gasteiger partial charge in [0.15, 0.2) is 0 Å². The van der Waals surface area contributed by atoms with Crippen molar-refractivity contribution in [2.45, 2.75) is 32.1 Å². The Kier molecular flexibility index (Phi) is 3.05. The maximum atomic E-state index is 6.04. The summed E-state index contributed by atoms with van der Waals surface area (Å²) >= 11 is 6.04. The molecule has 0 atom stereocenters. The summed E-state index contributed by atoms with van der Waals surface area (Å²) in [7, 11) is 0. The van der Waals surface area contributed by atoms with Gasteiger partial charge in [-0.1, -0.05) is 0 Å². The second-order valence-corrected chi connectivity index (χ2v) is 4.56. The lowest BCUT2D eigenvalue weighted by Crippen LogP contribution is -2.35. The second kappa shape index (κ2) is 4.31. The fourth-order valence-electron chi connectivity index (χ4n) is 1.63. The Morgan fingerprint density at radius 3 is 2.40 bits per heavy atom. The molecular weight excluding hydrogens is 212 g/mol. The van der Waals surface area contributed by atoms with Crippen molar-refractivity contribution < 1.29 is 0 Å². The minimum atomic E-state index is 0.306. The molecular formula is C10H15ClN4. The van der Waals surface area contributed by atoms with Crippen LogP contribution < -0.4 is 4.90 Å². The lowest BCUT2D eigenvalue weighted by Gasteiger charge is -2.28. The minimum absolute atomic E-state index is 0.306. The molecule has 0 spiro atoms. The summed E-state index contributed by atoms with van der Waals surface area (Å²) < 4.78 is 0. The van der Waals surface area contributed by atoms with Crippen LogP contribution in [0.3, 0.4) is 0 Å². The van der Waals surface area contributed by atoms with Gasteiger partial charge < -0.3 is 4.90 Å². The lowest BCUT2D eigenvalue weighted by atomic mass is 10.1. The normalized spacial score (nSPS) is 18.2. The van der Waals surface area contributed by atoms with Crippen LogP contribution in [0.1, 0.15) is 24.2 Å². The molecule has 0 amide bonds. The van der Waals surface area contributed by atoms with E-state index in [0.29, 0.717) is 5.38 Å². The first-order chi connectivity index (χ1) is 7.16. The van der Waals surface area contributed by atoms with E-state index in [2.05, 4.69) is 20.1 Å². The van der Waals surface area contributed by atoms with Crippen LogP contribution in [0.4, 0.5) is 5.95 Å². The molecule has 0 saturated carbocycles. The molecule has 0 aromatic carbocycles. The number of aromatic nitrogens is 3. The average molecular weight is 227 g/mol. The smallest absolute Gasteiger partial charge is 0.245 e. The van der Waals surface area contributed by atoms with Gasteiger partial charge in [-0.3, -0.25) is 0 Å².